The fourth-order valence-corrected chi connectivity index (χ4v) is 2.55. The number of hydrogen-bond acceptors (Lipinski definition) is 4. The summed E-state index contributed by atoms with van der Waals surface area (Å²) in [4.78, 5) is 1.29. The average Bonchev–Trinajstić information content (AvgIpc) is 2.64. The van der Waals surface area contributed by atoms with Crippen LogP contribution in [-0.4, -0.2) is 29.4 Å². The fourth-order valence-electron chi connectivity index (χ4n) is 1.46. The molecular formula is C11H21BO3S. The highest BCUT2D eigenvalue weighted by Crippen LogP contribution is 2.17. The summed E-state index contributed by atoms with van der Waals surface area (Å²) in [5.74, 6) is 0. The second-order valence-corrected chi connectivity index (χ2v) is 4.75. The maximum Gasteiger partial charge on any atom is 0.499 e. The lowest BCUT2D eigenvalue weighted by atomic mass is 9.89. The lowest BCUT2D eigenvalue weighted by Crippen LogP contribution is -2.26. The molecule has 1 aromatic rings. The van der Waals surface area contributed by atoms with Crippen molar-refractivity contribution in [2.45, 2.75) is 39.5 Å². The van der Waals surface area contributed by atoms with Gasteiger partial charge in [0.2, 0.25) is 0 Å². The van der Waals surface area contributed by atoms with Crippen LogP contribution in [0.15, 0.2) is 6.07 Å². The van der Waals surface area contributed by atoms with Crippen molar-refractivity contribution in [3.05, 3.63) is 16.5 Å². The summed E-state index contributed by atoms with van der Waals surface area (Å²) in [6.45, 7) is 4.22. The molecule has 0 unspecified atom stereocenters. The lowest BCUT2D eigenvalue weighted by molar-refractivity contribution is 0.399. The third-order valence-corrected chi connectivity index (χ3v) is 3.64. The van der Waals surface area contributed by atoms with Crippen molar-refractivity contribution in [1.29, 1.82) is 0 Å². The van der Waals surface area contributed by atoms with Gasteiger partial charge in [0, 0.05) is 16.8 Å². The van der Waals surface area contributed by atoms with Gasteiger partial charge in [-0.1, -0.05) is 19.8 Å². The van der Waals surface area contributed by atoms with E-state index in [1.807, 2.05) is 13.0 Å². The van der Waals surface area contributed by atoms with Crippen LogP contribution in [0.3, 0.4) is 0 Å². The standard InChI is InChI=1S/C10H17BO2S.CH4O/c1-3-4-5-6-9-8(2)7-10(14-9)11(12)13;1-2/h7,12-13H,3-6H2,1-2H3;2H,1H3. The number of unbranched alkanes of at least 4 members (excludes halogenated alkanes) is 2. The fraction of sp³-hybridized carbons (Fsp3) is 0.636. The van der Waals surface area contributed by atoms with Gasteiger partial charge in [0.25, 0.3) is 0 Å². The highest BCUT2D eigenvalue weighted by molar-refractivity contribution is 7.22. The van der Waals surface area contributed by atoms with Crippen molar-refractivity contribution >= 4 is 23.2 Å². The molecule has 3 N–H and O–H groups in total. The van der Waals surface area contributed by atoms with Crippen LogP contribution >= 0.6 is 11.3 Å². The van der Waals surface area contributed by atoms with Crippen LogP contribution in [0.4, 0.5) is 0 Å². The van der Waals surface area contributed by atoms with E-state index in [-0.39, 0.29) is 0 Å². The van der Waals surface area contributed by atoms with Gasteiger partial charge in [0.1, 0.15) is 0 Å². The van der Waals surface area contributed by atoms with Crippen LogP contribution in [0.1, 0.15) is 36.6 Å². The predicted molar refractivity (Wildman–Crippen MR) is 70.3 cm³/mol. The van der Waals surface area contributed by atoms with E-state index >= 15 is 0 Å². The molecule has 92 valence electrons. The van der Waals surface area contributed by atoms with Gasteiger partial charge in [0.05, 0.1) is 0 Å². The highest BCUT2D eigenvalue weighted by Gasteiger charge is 2.15. The molecule has 1 heterocycles. The second-order valence-electron chi connectivity index (χ2n) is 3.59. The van der Waals surface area contributed by atoms with Gasteiger partial charge < -0.3 is 15.2 Å². The van der Waals surface area contributed by atoms with Crippen LogP contribution in [0.25, 0.3) is 0 Å². The van der Waals surface area contributed by atoms with E-state index in [4.69, 9.17) is 15.2 Å². The van der Waals surface area contributed by atoms with Crippen molar-refractivity contribution in [1.82, 2.24) is 0 Å². The van der Waals surface area contributed by atoms with E-state index in [2.05, 4.69) is 6.92 Å². The van der Waals surface area contributed by atoms with E-state index in [1.165, 1.54) is 41.0 Å². The molecular weight excluding hydrogens is 223 g/mol. The minimum atomic E-state index is -1.31. The summed E-state index contributed by atoms with van der Waals surface area (Å²) in [7, 11) is -0.307. The van der Waals surface area contributed by atoms with Gasteiger partial charge in [0.15, 0.2) is 0 Å². The molecule has 5 heteroatoms. The molecule has 0 fully saturated rings. The molecule has 0 amide bonds. The Labute approximate surface area is 102 Å². The Hall–Kier alpha value is -0.355. The predicted octanol–water partition coefficient (Wildman–Crippen LogP) is 1.08. The molecule has 1 rings (SSSR count). The number of aliphatic hydroxyl groups is 1. The molecule has 0 aromatic carbocycles. The summed E-state index contributed by atoms with van der Waals surface area (Å²) < 4.78 is 0.661. The molecule has 3 nitrogen and oxygen atoms in total. The Morgan fingerprint density at radius 2 is 1.88 bits per heavy atom. The van der Waals surface area contributed by atoms with Gasteiger partial charge in [-0.25, -0.2) is 0 Å². The molecule has 1 aromatic heterocycles. The first-order chi connectivity index (χ1) is 7.65. The number of hydrogen-bond donors (Lipinski definition) is 3. The molecule has 16 heavy (non-hydrogen) atoms. The largest absolute Gasteiger partial charge is 0.499 e. The van der Waals surface area contributed by atoms with Gasteiger partial charge >= 0.3 is 7.12 Å². The van der Waals surface area contributed by atoms with Crippen molar-refractivity contribution < 1.29 is 15.2 Å². The zero-order valence-corrected chi connectivity index (χ0v) is 11.0. The first-order valence-electron chi connectivity index (χ1n) is 5.55. The first-order valence-corrected chi connectivity index (χ1v) is 6.37. The maximum absolute atomic E-state index is 9.00. The van der Waals surface area contributed by atoms with E-state index < -0.39 is 7.12 Å². The number of aliphatic hydroxyl groups excluding tert-OH is 1. The van der Waals surface area contributed by atoms with Crippen molar-refractivity contribution in [3.63, 3.8) is 0 Å². The Morgan fingerprint density at radius 1 is 1.25 bits per heavy atom. The summed E-state index contributed by atoms with van der Waals surface area (Å²) >= 11 is 1.52. The average molecular weight is 244 g/mol. The zero-order chi connectivity index (χ0) is 12.6. The molecule has 0 atom stereocenters. The van der Waals surface area contributed by atoms with Gasteiger partial charge in [-0.2, -0.15) is 0 Å². The minimum absolute atomic E-state index is 0.661. The molecule has 0 aliphatic rings. The number of rotatable bonds is 5. The van der Waals surface area contributed by atoms with E-state index in [0.717, 1.165) is 13.5 Å². The Morgan fingerprint density at radius 3 is 2.31 bits per heavy atom. The SMILES string of the molecule is CCCCCc1sc(B(O)O)cc1C.CO. The number of thiophene rings is 1. The summed E-state index contributed by atoms with van der Waals surface area (Å²) in [6, 6.07) is 1.87. The third kappa shape index (κ3) is 5.12. The second kappa shape index (κ2) is 8.76. The van der Waals surface area contributed by atoms with E-state index in [1.54, 1.807) is 0 Å². The molecule has 0 aliphatic heterocycles. The summed E-state index contributed by atoms with van der Waals surface area (Å²) in [5, 5.41) is 25.0. The maximum atomic E-state index is 9.00. The van der Waals surface area contributed by atoms with Crippen LogP contribution < -0.4 is 4.78 Å². The van der Waals surface area contributed by atoms with Crippen LogP contribution in [-0.2, 0) is 6.42 Å². The Balaban J connectivity index is 0.00000106. The number of aryl methyl sites for hydroxylation is 2. The molecule has 0 spiro atoms. The topological polar surface area (TPSA) is 60.7 Å². The van der Waals surface area contributed by atoms with Crippen LogP contribution in [0.5, 0.6) is 0 Å². The van der Waals surface area contributed by atoms with Gasteiger partial charge in [-0.15, -0.1) is 11.3 Å². The zero-order valence-electron chi connectivity index (χ0n) is 10.2. The van der Waals surface area contributed by atoms with Crippen molar-refractivity contribution in [2.75, 3.05) is 7.11 Å². The first kappa shape index (κ1) is 15.6. The van der Waals surface area contributed by atoms with Crippen LogP contribution in [0.2, 0.25) is 0 Å². The van der Waals surface area contributed by atoms with Crippen LogP contribution in [0, 0.1) is 6.92 Å². The summed E-state index contributed by atoms with van der Waals surface area (Å²) in [6.07, 6.45) is 4.73. The normalized spacial score (nSPS) is 9.62. The smallest absolute Gasteiger partial charge is 0.423 e. The molecule has 0 saturated carbocycles. The quantitative estimate of drug-likeness (QED) is 0.536. The minimum Gasteiger partial charge on any atom is -0.423 e. The van der Waals surface area contributed by atoms with Crippen molar-refractivity contribution in [2.24, 2.45) is 0 Å². The molecule has 0 bridgehead atoms. The lowest BCUT2D eigenvalue weighted by Gasteiger charge is -1.97. The molecule has 0 radical (unpaired) electrons. The Kier molecular flexibility index (Phi) is 8.56. The van der Waals surface area contributed by atoms with Gasteiger partial charge in [-0.05, 0) is 31.4 Å². The van der Waals surface area contributed by atoms with E-state index in [9.17, 15) is 0 Å². The monoisotopic (exact) mass is 244 g/mol. The van der Waals surface area contributed by atoms with E-state index in [0.29, 0.717) is 4.78 Å². The third-order valence-electron chi connectivity index (χ3n) is 2.30. The van der Waals surface area contributed by atoms with Gasteiger partial charge in [-0.3, -0.25) is 0 Å². The summed E-state index contributed by atoms with van der Waals surface area (Å²) in [5.41, 5.74) is 1.19. The van der Waals surface area contributed by atoms with Crippen molar-refractivity contribution in [3.8, 4) is 0 Å². The molecule has 0 aliphatic carbocycles. The Bertz CT molecular complexity index is 287. The molecule has 0 saturated heterocycles. The highest BCUT2D eigenvalue weighted by atomic mass is 32.1.